The third-order valence-corrected chi connectivity index (χ3v) is 4.75. The van der Waals surface area contributed by atoms with E-state index < -0.39 is 23.6 Å². The number of methoxy groups -OCH3 is 1. The lowest BCUT2D eigenvalue weighted by Gasteiger charge is -2.34. The van der Waals surface area contributed by atoms with Crippen LogP contribution in [0.5, 0.6) is 5.88 Å². The molecule has 0 radical (unpaired) electrons. The van der Waals surface area contributed by atoms with E-state index in [0.29, 0.717) is 31.1 Å². The molecule has 2 aromatic heterocycles. The van der Waals surface area contributed by atoms with Crippen molar-refractivity contribution in [1.29, 1.82) is 0 Å². The molecule has 2 atom stereocenters. The van der Waals surface area contributed by atoms with Gasteiger partial charge in [0, 0.05) is 37.8 Å². The van der Waals surface area contributed by atoms with Crippen LogP contribution in [-0.4, -0.2) is 77.7 Å². The van der Waals surface area contributed by atoms with Gasteiger partial charge < -0.3 is 24.6 Å². The Morgan fingerprint density at radius 3 is 2.94 bits per heavy atom. The summed E-state index contributed by atoms with van der Waals surface area (Å²) < 4.78 is 30.6. The number of aromatic nitrogens is 2. The Kier molecular flexibility index (Phi) is 7.24. The van der Waals surface area contributed by atoms with Gasteiger partial charge in [0.25, 0.3) is 0 Å². The number of aliphatic hydroxyl groups excluding tert-OH is 1. The van der Waals surface area contributed by atoms with Gasteiger partial charge in [0.15, 0.2) is 0 Å². The van der Waals surface area contributed by atoms with Crippen molar-refractivity contribution < 1.29 is 28.5 Å². The summed E-state index contributed by atoms with van der Waals surface area (Å²) in [5, 5.41) is 13.5. The van der Waals surface area contributed by atoms with Crippen LogP contribution in [-0.2, 0) is 9.47 Å². The van der Waals surface area contributed by atoms with E-state index in [1.807, 2.05) is 4.90 Å². The van der Waals surface area contributed by atoms with Crippen LogP contribution in [0.4, 0.5) is 9.18 Å². The number of rotatable bonds is 6. The SMILES string of the molecule is COc1ccc2ncc(F)c(C(O)CN3CCOC(CNC(=O)OC(C)(C)C)C3)c2n1. The number of aliphatic hydroxyl groups is 1. The van der Waals surface area contributed by atoms with Crippen molar-refractivity contribution in [3.8, 4) is 5.88 Å². The number of alkyl carbamates (subject to hydrolysis) is 1. The van der Waals surface area contributed by atoms with Crippen molar-refractivity contribution in [2.45, 2.75) is 38.6 Å². The van der Waals surface area contributed by atoms with Gasteiger partial charge in [0.2, 0.25) is 5.88 Å². The maximum absolute atomic E-state index is 14.6. The van der Waals surface area contributed by atoms with Gasteiger partial charge in [0.05, 0.1) is 37.6 Å². The van der Waals surface area contributed by atoms with Gasteiger partial charge in [-0.1, -0.05) is 0 Å². The van der Waals surface area contributed by atoms with Gasteiger partial charge in [-0.3, -0.25) is 9.88 Å². The van der Waals surface area contributed by atoms with Crippen molar-refractivity contribution in [1.82, 2.24) is 20.2 Å². The summed E-state index contributed by atoms with van der Waals surface area (Å²) in [6, 6.07) is 3.30. The van der Waals surface area contributed by atoms with E-state index in [2.05, 4.69) is 15.3 Å². The molecule has 2 N–H and O–H groups in total. The molecule has 2 aromatic rings. The van der Waals surface area contributed by atoms with Crippen molar-refractivity contribution >= 4 is 17.1 Å². The van der Waals surface area contributed by atoms with Crippen molar-refractivity contribution in [2.24, 2.45) is 0 Å². The zero-order valence-electron chi connectivity index (χ0n) is 18.2. The highest BCUT2D eigenvalue weighted by Gasteiger charge is 2.27. The fourth-order valence-corrected chi connectivity index (χ4v) is 3.39. The van der Waals surface area contributed by atoms with Gasteiger partial charge in [-0.05, 0) is 26.8 Å². The molecule has 31 heavy (non-hydrogen) atoms. The first-order chi connectivity index (χ1) is 14.7. The number of carbonyl (C=O) groups is 1. The summed E-state index contributed by atoms with van der Waals surface area (Å²) in [5.41, 5.74) is 0.238. The first-order valence-corrected chi connectivity index (χ1v) is 10.1. The molecule has 2 unspecified atom stereocenters. The number of carbonyl (C=O) groups excluding carboxylic acids is 1. The number of halogens is 1. The van der Waals surface area contributed by atoms with E-state index in [0.717, 1.165) is 6.20 Å². The molecule has 1 amide bonds. The highest BCUT2D eigenvalue weighted by atomic mass is 19.1. The number of hydrogen-bond donors (Lipinski definition) is 2. The quantitative estimate of drug-likeness (QED) is 0.709. The molecule has 1 aliphatic rings. The maximum atomic E-state index is 14.6. The van der Waals surface area contributed by atoms with Crippen LogP contribution in [0.1, 0.15) is 32.4 Å². The first kappa shape index (κ1) is 23.1. The molecule has 0 aliphatic carbocycles. The largest absolute Gasteiger partial charge is 0.481 e. The smallest absolute Gasteiger partial charge is 0.407 e. The van der Waals surface area contributed by atoms with Gasteiger partial charge >= 0.3 is 6.09 Å². The molecule has 3 rings (SSSR count). The Hall–Kier alpha value is -2.56. The number of amides is 1. The lowest BCUT2D eigenvalue weighted by molar-refractivity contribution is -0.0406. The molecule has 1 aliphatic heterocycles. The highest BCUT2D eigenvalue weighted by molar-refractivity contribution is 5.78. The summed E-state index contributed by atoms with van der Waals surface area (Å²) in [5.74, 6) is -0.315. The van der Waals surface area contributed by atoms with Crippen LogP contribution in [0, 0.1) is 5.82 Å². The van der Waals surface area contributed by atoms with Crippen molar-refractivity contribution in [3.63, 3.8) is 0 Å². The number of nitrogens with one attached hydrogen (secondary N) is 1. The van der Waals surface area contributed by atoms with E-state index in [-0.39, 0.29) is 30.3 Å². The minimum atomic E-state index is -1.12. The molecule has 10 heteroatoms. The molecule has 9 nitrogen and oxygen atoms in total. The summed E-state index contributed by atoms with van der Waals surface area (Å²) in [7, 11) is 1.47. The summed E-state index contributed by atoms with van der Waals surface area (Å²) in [6.45, 7) is 7.29. The molecule has 0 bridgehead atoms. The lowest BCUT2D eigenvalue weighted by Crippen LogP contribution is -2.49. The van der Waals surface area contributed by atoms with Crippen LogP contribution in [0.25, 0.3) is 11.0 Å². The van der Waals surface area contributed by atoms with E-state index >= 15 is 0 Å². The van der Waals surface area contributed by atoms with Crippen LogP contribution in [0.2, 0.25) is 0 Å². The second-order valence-electron chi connectivity index (χ2n) is 8.39. The molecule has 1 fully saturated rings. The molecular weight excluding hydrogens is 407 g/mol. The topological polar surface area (TPSA) is 106 Å². The Balaban J connectivity index is 1.64. The number of pyridine rings is 2. The molecule has 3 heterocycles. The standard InChI is InChI=1S/C21H29FN4O5/c1-21(2,3)31-20(28)24-9-13-11-26(7-8-30-13)12-16(27)18-14(22)10-23-15-5-6-17(29-4)25-19(15)18/h5-6,10,13,16,27H,7-9,11-12H2,1-4H3,(H,24,28). The first-order valence-electron chi connectivity index (χ1n) is 10.1. The average Bonchev–Trinajstić information content (AvgIpc) is 2.70. The molecule has 170 valence electrons. The molecule has 1 saturated heterocycles. The van der Waals surface area contributed by atoms with Crippen molar-refractivity contribution in [2.75, 3.05) is 39.9 Å². The third-order valence-electron chi connectivity index (χ3n) is 4.75. The summed E-state index contributed by atoms with van der Waals surface area (Å²) in [4.78, 5) is 22.1. The Morgan fingerprint density at radius 1 is 1.45 bits per heavy atom. The third kappa shape index (κ3) is 6.22. The normalized spacial score (nSPS) is 18.6. The fourth-order valence-electron chi connectivity index (χ4n) is 3.39. The van der Waals surface area contributed by atoms with Gasteiger partial charge in [-0.2, -0.15) is 0 Å². The minimum Gasteiger partial charge on any atom is -0.481 e. The van der Waals surface area contributed by atoms with Gasteiger partial charge in [-0.25, -0.2) is 14.2 Å². The summed E-state index contributed by atoms with van der Waals surface area (Å²) in [6.07, 6.45) is -0.825. The lowest BCUT2D eigenvalue weighted by atomic mass is 10.1. The Labute approximate surface area is 180 Å². The Bertz CT molecular complexity index is 921. The monoisotopic (exact) mass is 436 g/mol. The number of β-amino-alcohol motifs (C(OH)–C–C–N with tert-alkyl or cyclic N) is 1. The Morgan fingerprint density at radius 2 is 2.23 bits per heavy atom. The number of hydrogen-bond acceptors (Lipinski definition) is 8. The van der Waals surface area contributed by atoms with E-state index in [4.69, 9.17) is 14.2 Å². The van der Waals surface area contributed by atoms with Gasteiger partial charge in [-0.15, -0.1) is 0 Å². The van der Waals surface area contributed by atoms with E-state index in [1.54, 1.807) is 32.9 Å². The highest BCUT2D eigenvalue weighted by Crippen LogP contribution is 2.27. The van der Waals surface area contributed by atoms with Crippen molar-refractivity contribution in [3.05, 3.63) is 29.7 Å². The van der Waals surface area contributed by atoms with E-state index in [1.165, 1.54) is 7.11 Å². The molecule has 0 saturated carbocycles. The average molecular weight is 436 g/mol. The maximum Gasteiger partial charge on any atom is 0.407 e. The van der Waals surface area contributed by atoms with Crippen LogP contribution in [0.15, 0.2) is 18.3 Å². The van der Waals surface area contributed by atoms with Crippen LogP contribution in [0.3, 0.4) is 0 Å². The zero-order chi connectivity index (χ0) is 22.6. The molecule has 0 aromatic carbocycles. The number of fused-ring (bicyclic) bond motifs is 1. The number of morpholine rings is 1. The van der Waals surface area contributed by atoms with E-state index in [9.17, 15) is 14.3 Å². The number of ether oxygens (including phenoxy) is 3. The zero-order valence-corrected chi connectivity index (χ0v) is 18.2. The minimum absolute atomic E-state index is 0.0822. The van der Waals surface area contributed by atoms with Gasteiger partial charge in [0.1, 0.15) is 16.9 Å². The predicted octanol–water partition coefficient (Wildman–Crippen LogP) is 2.04. The van der Waals surface area contributed by atoms with Crippen LogP contribution >= 0.6 is 0 Å². The second kappa shape index (κ2) is 9.71. The summed E-state index contributed by atoms with van der Waals surface area (Å²) >= 11 is 0. The predicted molar refractivity (Wildman–Crippen MR) is 111 cm³/mol. The van der Waals surface area contributed by atoms with Crippen LogP contribution < -0.4 is 10.1 Å². The molecule has 0 spiro atoms. The fraction of sp³-hybridized carbons (Fsp3) is 0.571. The second-order valence-corrected chi connectivity index (χ2v) is 8.39. The number of nitrogens with zero attached hydrogens (tertiary/aromatic N) is 3. The molecular formula is C21H29FN4O5.